The number of hydrogen-bond donors (Lipinski definition) is 1. The Bertz CT molecular complexity index is 1350. The van der Waals surface area contributed by atoms with Gasteiger partial charge in [0.15, 0.2) is 5.78 Å². The lowest BCUT2D eigenvalue weighted by molar-refractivity contribution is 0.104. The highest BCUT2D eigenvalue weighted by Gasteiger charge is 2.13. The summed E-state index contributed by atoms with van der Waals surface area (Å²) in [4.78, 5) is 15.0. The average Bonchev–Trinajstić information content (AvgIpc) is 3.38. The van der Waals surface area contributed by atoms with Gasteiger partial charge in [-0.2, -0.15) is 8.42 Å². The Kier molecular flexibility index (Phi) is 10.4. The molecule has 7 heteroatoms. The maximum Gasteiger partial charge on any atom is 0.294 e. The van der Waals surface area contributed by atoms with Crippen molar-refractivity contribution >= 4 is 22.0 Å². The lowest BCUT2D eigenvalue weighted by Gasteiger charge is -2.17. The Morgan fingerprint density at radius 3 is 2.11 bits per heavy atom. The Morgan fingerprint density at radius 2 is 1.53 bits per heavy atom. The standard InChI is InChI=1S/C24H29NO2.C7H8O3S/c1-18-8-4-5-9-21(18)10-11-23(26)22-16-19(2)24(20(3)17-22)27-15-14-25-12-6-7-13-25;1-6-2-4-7(5-3-6)11(8,9)10/h4-5,8-11,16-17H,6-7,12-15H2,1-3H3;2-5H,1H3,(H,8,9,10)/b11-10+;. The Balaban J connectivity index is 0.000000304. The van der Waals surface area contributed by atoms with E-state index >= 15 is 0 Å². The summed E-state index contributed by atoms with van der Waals surface area (Å²) in [6, 6.07) is 17.9. The number of ketones is 1. The van der Waals surface area contributed by atoms with Gasteiger partial charge in [-0.15, -0.1) is 0 Å². The van der Waals surface area contributed by atoms with Crippen molar-refractivity contribution in [2.45, 2.75) is 45.4 Å². The minimum absolute atomic E-state index is 0.0214. The maximum atomic E-state index is 12.6. The molecule has 1 fully saturated rings. The molecule has 1 saturated heterocycles. The van der Waals surface area contributed by atoms with Crippen LogP contribution >= 0.6 is 0 Å². The van der Waals surface area contributed by atoms with E-state index in [1.54, 1.807) is 18.2 Å². The van der Waals surface area contributed by atoms with Gasteiger partial charge in [0.25, 0.3) is 10.1 Å². The molecule has 0 bridgehead atoms. The quantitative estimate of drug-likeness (QED) is 0.209. The van der Waals surface area contributed by atoms with E-state index < -0.39 is 10.1 Å². The monoisotopic (exact) mass is 535 g/mol. The zero-order valence-corrected chi connectivity index (χ0v) is 23.4. The first-order chi connectivity index (χ1) is 18.0. The fourth-order valence-electron chi connectivity index (χ4n) is 4.35. The van der Waals surface area contributed by atoms with Crippen LogP contribution in [-0.2, 0) is 10.1 Å². The lowest BCUT2D eigenvalue weighted by atomic mass is 10.0. The van der Waals surface area contributed by atoms with Crippen molar-refractivity contribution in [3.05, 3.63) is 100 Å². The van der Waals surface area contributed by atoms with Gasteiger partial charge in [0, 0.05) is 12.1 Å². The van der Waals surface area contributed by atoms with Gasteiger partial charge in [-0.25, -0.2) is 0 Å². The lowest BCUT2D eigenvalue weighted by Crippen LogP contribution is -2.25. The highest BCUT2D eigenvalue weighted by molar-refractivity contribution is 7.85. The van der Waals surface area contributed by atoms with Gasteiger partial charge in [0.2, 0.25) is 0 Å². The molecule has 0 unspecified atom stereocenters. The second-order valence-corrected chi connectivity index (χ2v) is 11.1. The number of carbonyl (C=O) groups is 1. The number of likely N-dealkylation sites (tertiary alicyclic amines) is 1. The van der Waals surface area contributed by atoms with Crippen LogP contribution in [0.4, 0.5) is 0 Å². The van der Waals surface area contributed by atoms with Crippen molar-refractivity contribution in [1.82, 2.24) is 4.90 Å². The summed E-state index contributed by atoms with van der Waals surface area (Å²) < 4.78 is 35.6. The van der Waals surface area contributed by atoms with Crippen molar-refractivity contribution in [3.8, 4) is 5.75 Å². The number of allylic oxidation sites excluding steroid dienone is 1. The molecule has 202 valence electrons. The van der Waals surface area contributed by atoms with Gasteiger partial charge in [-0.1, -0.05) is 48.0 Å². The van der Waals surface area contributed by atoms with Crippen molar-refractivity contribution in [1.29, 1.82) is 0 Å². The van der Waals surface area contributed by atoms with E-state index in [-0.39, 0.29) is 10.7 Å². The normalized spacial score (nSPS) is 13.8. The Morgan fingerprint density at radius 1 is 0.921 bits per heavy atom. The Labute approximate surface area is 226 Å². The van der Waals surface area contributed by atoms with Crippen molar-refractivity contribution < 1.29 is 22.5 Å². The van der Waals surface area contributed by atoms with E-state index in [1.807, 2.05) is 70.2 Å². The number of aryl methyl sites for hydroxylation is 4. The molecule has 0 aromatic heterocycles. The van der Waals surface area contributed by atoms with Gasteiger partial charge in [0.1, 0.15) is 12.4 Å². The molecule has 0 aliphatic carbocycles. The molecular formula is C31H37NO5S. The van der Waals surface area contributed by atoms with Crippen LogP contribution in [0.15, 0.2) is 71.6 Å². The molecule has 0 atom stereocenters. The zero-order chi connectivity index (χ0) is 27.7. The molecule has 0 radical (unpaired) electrons. The molecule has 38 heavy (non-hydrogen) atoms. The van der Waals surface area contributed by atoms with Gasteiger partial charge >= 0.3 is 0 Å². The molecule has 4 rings (SSSR count). The maximum absolute atomic E-state index is 12.6. The molecule has 3 aromatic carbocycles. The van der Waals surface area contributed by atoms with Crippen molar-refractivity contribution in [3.63, 3.8) is 0 Å². The predicted octanol–water partition coefficient (Wildman–Crippen LogP) is 6.22. The first-order valence-corrected chi connectivity index (χ1v) is 14.3. The summed E-state index contributed by atoms with van der Waals surface area (Å²) in [6.45, 7) is 11.9. The fraction of sp³-hybridized carbons (Fsp3) is 0.323. The summed E-state index contributed by atoms with van der Waals surface area (Å²) in [5.74, 6) is 0.932. The van der Waals surface area contributed by atoms with Crippen LogP contribution in [0.1, 0.15) is 51.0 Å². The molecule has 1 aliphatic heterocycles. The number of benzene rings is 3. The number of ether oxygens (including phenoxy) is 1. The third-order valence-corrected chi connectivity index (χ3v) is 7.39. The first kappa shape index (κ1) is 29.3. The minimum Gasteiger partial charge on any atom is -0.492 e. The summed E-state index contributed by atoms with van der Waals surface area (Å²) >= 11 is 0. The third kappa shape index (κ3) is 8.65. The van der Waals surface area contributed by atoms with E-state index in [1.165, 1.54) is 38.1 Å². The second kappa shape index (κ2) is 13.5. The highest BCUT2D eigenvalue weighted by atomic mass is 32.2. The van der Waals surface area contributed by atoms with E-state index in [0.717, 1.165) is 40.1 Å². The van der Waals surface area contributed by atoms with Crippen LogP contribution in [0.5, 0.6) is 5.75 Å². The molecule has 1 heterocycles. The third-order valence-electron chi connectivity index (χ3n) is 6.52. The summed E-state index contributed by atoms with van der Waals surface area (Å²) in [5, 5.41) is 0. The molecule has 0 saturated carbocycles. The first-order valence-electron chi connectivity index (χ1n) is 12.8. The summed E-state index contributed by atoms with van der Waals surface area (Å²) in [5.41, 5.74) is 5.93. The summed E-state index contributed by atoms with van der Waals surface area (Å²) in [7, 11) is -4.02. The molecule has 0 spiro atoms. The van der Waals surface area contributed by atoms with Gasteiger partial charge < -0.3 is 4.74 Å². The topological polar surface area (TPSA) is 83.9 Å². The molecule has 0 amide bonds. The average molecular weight is 536 g/mol. The van der Waals surface area contributed by atoms with Gasteiger partial charge in [-0.3, -0.25) is 14.2 Å². The van der Waals surface area contributed by atoms with Gasteiger partial charge in [-0.05, 0) is 106 Å². The predicted molar refractivity (Wildman–Crippen MR) is 153 cm³/mol. The van der Waals surface area contributed by atoms with Crippen LogP contribution in [0.25, 0.3) is 6.08 Å². The van der Waals surface area contributed by atoms with Crippen LogP contribution in [0.2, 0.25) is 0 Å². The second-order valence-electron chi connectivity index (χ2n) is 9.68. The largest absolute Gasteiger partial charge is 0.492 e. The van der Waals surface area contributed by atoms with Crippen LogP contribution < -0.4 is 4.74 Å². The van der Waals surface area contributed by atoms with E-state index in [9.17, 15) is 13.2 Å². The summed E-state index contributed by atoms with van der Waals surface area (Å²) in [6.07, 6.45) is 6.14. The van der Waals surface area contributed by atoms with Crippen LogP contribution in [0.3, 0.4) is 0 Å². The van der Waals surface area contributed by atoms with E-state index in [4.69, 9.17) is 9.29 Å². The molecule has 1 N–H and O–H groups in total. The van der Waals surface area contributed by atoms with Gasteiger partial charge in [0.05, 0.1) is 4.90 Å². The number of nitrogens with zero attached hydrogens (tertiary/aromatic N) is 1. The van der Waals surface area contributed by atoms with Crippen molar-refractivity contribution in [2.75, 3.05) is 26.2 Å². The fourth-order valence-corrected chi connectivity index (χ4v) is 4.83. The van der Waals surface area contributed by atoms with E-state index in [2.05, 4.69) is 4.90 Å². The Hall–Kier alpha value is -3.26. The SMILES string of the molecule is Cc1ccc(S(=O)(=O)O)cc1.Cc1ccccc1/C=C/C(=O)c1cc(C)c(OCCN2CCCC2)c(C)c1. The zero-order valence-electron chi connectivity index (χ0n) is 22.6. The smallest absolute Gasteiger partial charge is 0.294 e. The number of hydrogen-bond acceptors (Lipinski definition) is 5. The van der Waals surface area contributed by atoms with E-state index in [0.29, 0.717) is 12.2 Å². The molecular weight excluding hydrogens is 498 g/mol. The highest BCUT2D eigenvalue weighted by Crippen LogP contribution is 2.25. The van der Waals surface area contributed by atoms with Crippen LogP contribution in [0, 0.1) is 27.7 Å². The number of rotatable bonds is 8. The number of carbonyl (C=O) groups excluding carboxylic acids is 1. The molecule has 1 aliphatic rings. The van der Waals surface area contributed by atoms with Crippen molar-refractivity contribution in [2.24, 2.45) is 0 Å². The van der Waals surface area contributed by atoms with Crippen LogP contribution in [-0.4, -0.2) is 49.9 Å². The molecule has 3 aromatic rings. The minimum atomic E-state index is -4.02. The molecule has 6 nitrogen and oxygen atoms in total.